The maximum Gasteiger partial charge on any atom is 0.255 e. The molecule has 0 saturated carbocycles. The number of nitrogens with one attached hydrogen (secondary N) is 2. The number of para-hydroxylation sites is 1. The fraction of sp³-hybridized carbons (Fsp3) is 0.545. The molecule has 2 unspecified atom stereocenters. The molecule has 0 bridgehead atoms. The third-order valence-electron chi connectivity index (χ3n) is 6.47. The third kappa shape index (κ3) is 3.46. The summed E-state index contributed by atoms with van der Waals surface area (Å²) < 4.78 is 0. The van der Waals surface area contributed by atoms with Gasteiger partial charge >= 0.3 is 0 Å². The summed E-state index contributed by atoms with van der Waals surface area (Å²) in [4.78, 5) is 19.9. The number of likely N-dealkylation sites (tertiary alicyclic amines) is 1. The standard InChI is InChI=1S/C22H30N4O/c1-4-16-13-23-25-21(16)17-8-10-26(11-9-17)22(27)19-12-18-7-5-6-14(2)20(18)24-15(19)3/h5-7,12,16-17,21,23,25H,4,8-11,13H2,1-3H3. The van der Waals surface area contributed by atoms with Crippen molar-refractivity contribution < 1.29 is 4.79 Å². The summed E-state index contributed by atoms with van der Waals surface area (Å²) in [5.74, 6) is 1.48. The molecule has 0 aliphatic carbocycles. The number of hydrazine groups is 1. The van der Waals surface area contributed by atoms with Crippen molar-refractivity contribution >= 4 is 16.8 Å². The van der Waals surface area contributed by atoms with Gasteiger partial charge in [0.05, 0.1) is 16.8 Å². The molecule has 2 atom stereocenters. The number of aromatic nitrogens is 1. The van der Waals surface area contributed by atoms with Gasteiger partial charge in [0.15, 0.2) is 0 Å². The van der Waals surface area contributed by atoms with Gasteiger partial charge in [-0.3, -0.25) is 20.6 Å². The third-order valence-corrected chi connectivity index (χ3v) is 6.47. The Morgan fingerprint density at radius 2 is 2.04 bits per heavy atom. The monoisotopic (exact) mass is 366 g/mol. The van der Waals surface area contributed by atoms with Gasteiger partial charge in [0, 0.05) is 31.1 Å². The number of nitrogens with zero attached hydrogens (tertiary/aromatic N) is 2. The zero-order valence-corrected chi connectivity index (χ0v) is 16.6. The summed E-state index contributed by atoms with van der Waals surface area (Å²) in [5, 5.41) is 1.05. The molecule has 2 fully saturated rings. The van der Waals surface area contributed by atoms with Gasteiger partial charge in [-0.1, -0.05) is 31.5 Å². The number of carbonyl (C=O) groups is 1. The summed E-state index contributed by atoms with van der Waals surface area (Å²) in [6, 6.07) is 8.70. The summed E-state index contributed by atoms with van der Waals surface area (Å²) in [6.07, 6.45) is 3.34. The van der Waals surface area contributed by atoms with Crippen molar-refractivity contribution in [2.75, 3.05) is 19.6 Å². The number of rotatable bonds is 3. The summed E-state index contributed by atoms with van der Waals surface area (Å²) >= 11 is 0. The van der Waals surface area contributed by atoms with Crippen LogP contribution in [-0.2, 0) is 0 Å². The van der Waals surface area contributed by atoms with Gasteiger partial charge in [-0.25, -0.2) is 0 Å². The fourth-order valence-corrected chi connectivity index (χ4v) is 4.74. The van der Waals surface area contributed by atoms with Crippen LogP contribution in [-0.4, -0.2) is 41.5 Å². The van der Waals surface area contributed by atoms with E-state index in [4.69, 9.17) is 4.98 Å². The van der Waals surface area contributed by atoms with E-state index in [9.17, 15) is 4.79 Å². The van der Waals surface area contributed by atoms with Crippen molar-refractivity contribution in [3.63, 3.8) is 0 Å². The summed E-state index contributed by atoms with van der Waals surface area (Å²) in [5.41, 5.74) is 10.5. The van der Waals surface area contributed by atoms with E-state index in [2.05, 4.69) is 30.8 Å². The van der Waals surface area contributed by atoms with Crippen molar-refractivity contribution in [2.24, 2.45) is 11.8 Å². The fourth-order valence-electron chi connectivity index (χ4n) is 4.74. The molecule has 144 valence electrons. The lowest BCUT2D eigenvalue weighted by atomic mass is 9.82. The second kappa shape index (κ2) is 7.56. The molecule has 3 heterocycles. The topological polar surface area (TPSA) is 57.3 Å². The molecular formula is C22H30N4O. The maximum absolute atomic E-state index is 13.2. The Kier molecular flexibility index (Phi) is 5.15. The molecule has 2 aliphatic rings. The van der Waals surface area contributed by atoms with E-state index in [1.807, 2.05) is 30.0 Å². The second-order valence-electron chi connectivity index (χ2n) is 8.12. The van der Waals surface area contributed by atoms with Crippen molar-refractivity contribution in [2.45, 2.75) is 46.1 Å². The number of fused-ring (bicyclic) bond motifs is 1. The van der Waals surface area contributed by atoms with Crippen molar-refractivity contribution in [3.8, 4) is 0 Å². The van der Waals surface area contributed by atoms with Gasteiger partial charge < -0.3 is 4.90 Å². The highest BCUT2D eigenvalue weighted by atomic mass is 16.2. The molecule has 5 heteroatoms. The highest BCUT2D eigenvalue weighted by molar-refractivity contribution is 5.99. The summed E-state index contributed by atoms with van der Waals surface area (Å²) in [6.45, 7) is 9.01. The van der Waals surface area contributed by atoms with Crippen LogP contribution in [0, 0.1) is 25.7 Å². The molecular weight excluding hydrogens is 336 g/mol. The zero-order valence-electron chi connectivity index (χ0n) is 16.6. The van der Waals surface area contributed by atoms with Crippen LogP contribution in [0.3, 0.4) is 0 Å². The number of carbonyl (C=O) groups excluding carboxylic acids is 1. The van der Waals surface area contributed by atoms with Crippen LogP contribution in [0.15, 0.2) is 24.3 Å². The van der Waals surface area contributed by atoms with Crippen LogP contribution < -0.4 is 10.9 Å². The Balaban J connectivity index is 1.48. The second-order valence-corrected chi connectivity index (χ2v) is 8.12. The van der Waals surface area contributed by atoms with E-state index in [1.165, 1.54) is 6.42 Å². The van der Waals surface area contributed by atoms with Crippen molar-refractivity contribution in [1.82, 2.24) is 20.7 Å². The molecule has 2 aliphatic heterocycles. The molecule has 27 heavy (non-hydrogen) atoms. The highest BCUT2D eigenvalue weighted by Gasteiger charge is 2.35. The highest BCUT2D eigenvalue weighted by Crippen LogP contribution is 2.29. The lowest BCUT2D eigenvalue weighted by Crippen LogP contribution is -2.46. The summed E-state index contributed by atoms with van der Waals surface area (Å²) in [7, 11) is 0. The Hall–Kier alpha value is -1.98. The molecule has 0 radical (unpaired) electrons. The van der Waals surface area contributed by atoms with Gasteiger partial charge in [-0.05, 0) is 50.2 Å². The van der Waals surface area contributed by atoms with Crippen molar-refractivity contribution in [3.05, 3.63) is 41.1 Å². The van der Waals surface area contributed by atoms with E-state index in [0.717, 1.165) is 60.2 Å². The van der Waals surface area contributed by atoms with E-state index < -0.39 is 0 Å². The van der Waals surface area contributed by atoms with Crippen LogP contribution in [0.1, 0.15) is 47.8 Å². The van der Waals surface area contributed by atoms with Crippen molar-refractivity contribution in [1.29, 1.82) is 0 Å². The number of benzene rings is 1. The average Bonchev–Trinajstić information content (AvgIpc) is 3.17. The Morgan fingerprint density at radius 1 is 1.26 bits per heavy atom. The predicted octanol–water partition coefficient (Wildman–Crippen LogP) is 3.21. The molecule has 0 spiro atoms. The quantitative estimate of drug-likeness (QED) is 0.876. The molecule has 2 saturated heterocycles. The van der Waals surface area contributed by atoms with E-state index >= 15 is 0 Å². The molecule has 1 aromatic carbocycles. The number of aryl methyl sites for hydroxylation is 2. The first kappa shape index (κ1) is 18.4. The molecule has 5 nitrogen and oxygen atoms in total. The predicted molar refractivity (Wildman–Crippen MR) is 109 cm³/mol. The number of pyridine rings is 1. The van der Waals surface area contributed by atoms with Gasteiger partial charge in [-0.15, -0.1) is 0 Å². The molecule has 1 amide bonds. The first-order valence-electron chi connectivity index (χ1n) is 10.2. The minimum Gasteiger partial charge on any atom is -0.339 e. The largest absolute Gasteiger partial charge is 0.339 e. The minimum absolute atomic E-state index is 0.131. The minimum atomic E-state index is 0.131. The smallest absolute Gasteiger partial charge is 0.255 e. The van der Waals surface area contributed by atoms with E-state index in [-0.39, 0.29) is 5.91 Å². The van der Waals surface area contributed by atoms with Gasteiger partial charge in [0.1, 0.15) is 0 Å². The van der Waals surface area contributed by atoms with E-state index in [0.29, 0.717) is 17.9 Å². The van der Waals surface area contributed by atoms with Gasteiger partial charge in [0.2, 0.25) is 0 Å². The average molecular weight is 367 g/mol. The van der Waals surface area contributed by atoms with Gasteiger partial charge in [0.25, 0.3) is 5.91 Å². The van der Waals surface area contributed by atoms with Crippen LogP contribution in [0.25, 0.3) is 10.9 Å². The van der Waals surface area contributed by atoms with Crippen LogP contribution in [0.5, 0.6) is 0 Å². The lowest BCUT2D eigenvalue weighted by Gasteiger charge is -2.36. The van der Waals surface area contributed by atoms with Crippen LogP contribution >= 0.6 is 0 Å². The number of amides is 1. The van der Waals surface area contributed by atoms with E-state index in [1.54, 1.807) is 0 Å². The lowest BCUT2D eigenvalue weighted by molar-refractivity contribution is 0.0662. The molecule has 1 aromatic heterocycles. The Bertz CT molecular complexity index is 842. The molecule has 2 aromatic rings. The van der Waals surface area contributed by atoms with Gasteiger partial charge in [-0.2, -0.15) is 0 Å². The Labute approximate surface area is 161 Å². The molecule has 4 rings (SSSR count). The number of piperidine rings is 1. The number of hydrogen-bond acceptors (Lipinski definition) is 4. The SMILES string of the molecule is CCC1CNNC1C1CCN(C(=O)c2cc3cccc(C)c3nc2C)CC1. The Morgan fingerprint density at radius 3 is 2.78 bits per heavy atom. The number of hydrogen-bond donors (Lipinski definition) is 2. The van der Waals surface area contributed by atoms with Crippen LogP contribution in [0.4, 0.5) is 0 Å². The first-order chi connectivity index (χ1) is 13.1. The maximum atomic E-state index is 13.2. The zero-order chi connectivity index (χ0) is 19.0. The van der Waals surface area contributed by atoms with Crippen LogP contribution in [0.2, 0.25) is 0 Å². The molecule has 2 N–H and O–H groups in total. The first-order valence-corrected chi connectivity index (χ1v) is 10.2. The normalized spacial score (nSPS) is 23.9.